The summed E-state index contributed by atoms with van der Waals surface area (Å²) in [4.78, 5) is 14.2. The van der Waals surface area contributed by atoms with Crippen molar-refractivity contribution in [3.63, 3.8) is 0 Å². The van der Waals surface area contributed by atoms with E-state index in [0.717, 1.165) is 16.9 Å². The summed E-state index contributed by atoms with van der Waals surface area (Å²) in [7, 11) is 0. The molecule has 29 heavy (non-hydrogen) atoms. The fourth-order valence-electron chi connectivity index (χ4n) is 3.48. The molecule has 0 fully saturated rings. The molecule has 3 aromatic rings. The van der Waals surface area contributed by atoms with E-state index < -0.39 is 0 Å². The predicted molar refractivity (Wildman–Crippen MR) is 121 cm³/mol. The van der Waals surface area contributed by atoms with Crippen molar-refractivity contribution < 1.29 is 9.53 Å². The molecule has 0 aliphatic rings. The van der Waals surface area contributed by atoms with Crippen LogP contribution in [0.4, 0.5) is 0 Å². The molecule has 1 atom stereocenters. The van der Waals surface area contributed by atoms with Crippen molar-refractivity contribution in [3.8, 4) is 5.75 Å². The van der Waals surface area contributed by atoms with E-state index in [1.165, 1.54) is 11.1 Å². The highest BCUT2D eigenvalue weighted by Gasteiger charge is 2.18. The number of benzene rings is 2. The molecule has 3 nitrogen and oxygen atoms in total. The lowest BCUT2D eigenvalue weighted by Gasteiger charge is -2.22. The third-order valence-electron chi connectivity index (χ3n) is 4.72. The van der Waals surface area contributed by atoms with Crippen molar-refractivity contribution in [2.45, 2.75) is 46.8 Å². The van der Waals surface area contributed by atoms with E-state index in [9.17, 15) is 4.79 Å². The molecule has 1 heterocycles. The number of nitrogens with one attached hydrogen (secondary N) is 1. The van der Waals surface area contributed by atoms with Crippen LogP contribution in [0.3, 0.4) is 0 Å². The van der Waals surface area contributed by atoms with Gasteiger partial charge < -0.3 is 10.1 Å². The fraction of sp³-hybridized carbons (Fsp3) is 0.320. The number of hydrogen-bond donors (Lipinski definition) is 1. The molecular weight excluding hydrogens is 378 g/mol. The number of thiophene rings is 1. The van der Waals surface area contributed by atoms with Crippen LogP contribution in [0.25, 0.3) is 0 Å². The van der Waals surface area contributed by atoms with Gasteiger partial charge in [-0.1, -0.05) is 55.3 Å². The Bertz CT molecular complexity index is 927. The molecule has 0 spiro atoms. The van der Waals surface area contributed by atoms with Gasteiger partial charge in [0.2, 0.25) is 0 Å². The first kappa shape index (κ1) is 21.1. The van der Waals surface area contributed by atoms with Crippen LogP contribution in [0.15, 0.2) is 60.0 Å². The molecule has 1 N–H and O–H groups in total. The Kier molecular flexibility index (Phi) is 7.10. The average Bonchev–Trinajstić information content (AvgIpc) is 3.18. The summed E-state index contributed by atoms with van der Waals surface area (Å²) in [5.41, 5.74) is 4.21. The number of rotatable bonds is 8. The van der Waals surface area contributed by atoms with Gasteiger partial charge in [0.1, 0.15) is 12.4 Å². The summed E-state index contributed by atoms with van der Waals surface area (Å²) < 4.78 is 5.86. The number of carbonyl (C=O) groups excluding carboxylic acids is 1. The Morgan fingerprint density at radius 2 is 1.79 bits per heavy atom. The summed E-state index contributed by atoms with van der Waals surface area (Å²) in [5.74, 6) is 1.11. The van der Waals surface area contributed by atoms with Crippen LogP contribution in [0.1, 0.15) is 58.2 Å². The van der Waals surface area contributed by atoms with Crippen LogP contribution >= 0.6 is 11.3 Å². The Morgan fingerprint density at radius 3 is 2.45 bits per heavy atom. The Hall–Kier alpha value is -2.59. The number of aryl methyl sites for hydroxylation is 2. The van der Waals surface area contributed by atoms with Crippen LogP contribution in [0.5, 0.6) is 5.75 Å². The maximum absolute atomic E-state index is 13.0. The number of carbonyl (C=O) groups is 1. The van der Waals surface area contributed by atoms with E-state index >= 15 is 0 Å². The molecule has 3 rings (SSSR count). The third kappa shape index (κ3) is 6.20. The predicted octanol–water partition coefficient (Wildman–Crippen LogP) is 6.46. The SMILES string of the molecule is Cc1cc(C)cc(C(CC(C)C)NC(=O)c2cccc(OCc3cccs3)c2)c1. The van der Waals surface area contributed by atoms with Crippen molar-refractivity contribution in [1.29, 1.82) is 0 Å². The second kappa shape index (κ2) is 9.75. The summed E-state index contributed by atoms with van der Waals surface area (Å²) in [6.07, 6.45) is 0.892. The molecular formula is C25H29NO2S. The maximum Gasteiger partial charge on any atom is 0.251 e. The van der Waals surface area contributed by atoms with Crippen molar-refractivity contribution in [3.05, 3.63) is 87.1 Å². The summed E-state index contributed by atoms with van der Waals surface area (Å²) in [5, 5.41) is 5.27. The Balaban J connectivity index is 1.74. The fourth-order valence-corrected chi connectivity index (χ4v) is 4.09. The average molecular weight is 408 g/mol. The lowest BCUT2D eigenvalue weighted by atomic mass is 9.94. The van der Waals surface area contributed by atoms with Gasteiger partial charge in [0, 0.05) is 10.4 Å². The highest BCUT2D eigenvalue weighted by Crippen LogP contribution is 2.25. The molecule has 1 unspecified atom stereocenters. The van der Waals surface area contributed by atoms with Crippen LogP contribution in [0.2, 0.25) is 0 Å². The molecule has 0 radical (unpaired) electrons. The molecule has 4 heteroatoms. The first-order valence-corrected chi connectivity index (χ1v) is 10.9. The zero-order valence-electron chi connectivity index (χ0n) is 17.6. The minimum atomic E-state index is -0.0728. The molecule has 0 saturated carbocycles. The largest absolute Gasteiger partial charge is 0.488 e. The molecule has 1 aromatic heterocycles. The van der Waals surface area contributed by atoms with E-state index in [4.69, 9.17) is 4.74 Å². The second-order valence-corrected chi connectivity index (χ2v) is 9.00. The normalized spacial score (nSPS) is 12.0. The smallest absolute Gasteiger partial charge is 0.251 e. The topological polar surface area (TPSA) is 38.3 Å². The quantitative estimate of drug-likeness (QED) is 0.465. The van der Waals surface area contributed by atoms with Crippen molar-refractivity contribution in [2.24, 2.45) is 5.92 Å². The van der Waals surface area contributed by atoms with Gasteiger partial charge in [-0.05, 0) is 61.4 Å². The second-order valence-electron chi connectivity index (χ2n) is 7.97. The zero-order chi connectivity index (χ0) is 20.8. The molecule has 152 valence electrons. The summed E-state index contributed by atoms with van der Waals surface area (Å²) >= 11 is 1.66. The number of ether oxygens (including phenoxy) is 1. The molecule has 0 bridgehead atoms. The molecule has 0 saturated heterocycles. The van der Waals surface area contributed by atoms with Crippen LogP contribution in [-0.2, 0) is 6.61 Å². The van der Waals surface area contributed by atoms with E-state index in [2.05, 4.69) is 51.2 Å². The molecule has 2 aromatic carbocycles. The minimum Gasteiger partial charge on any atom is -0.488 e. The third-order valence-corrected chi connectivity index (χ3v) is 5.57. The lowest BCUT2D eigenvalue weighted by Crippen LogP contribution is -2.29. The maximum atomic E-state index is 13.0. The molecule has 1 amide bonds. The van der Waals surface area contributed by atoms with Gasteiger partial charge in [-0.2, -0.15) is 0 Å². The lowest BCUT2D eigenvalue weighted by molar-refractivity contribution is 0.0931. The Morgan fingerprint density at radius 1 is 1.03 bits per heavy atom. The zero-order valence-corrected chi connectivity index (χ0v) is 18.4. The van der Waals surface area contributed by atoms with E-state index in [1.807, 2.05) is 41.8 Å². The number of amides is 1. The Labute approximate surface area is 177 Å². The van der Waals surface area contributed by atoms with Crippen LogP contribution < -0.4 is 10.1 Å². The highest BCUT2D eigenvalue weighted by molar-refractivity contribution is 7.09. The standard InChI is InChI=1S/C25H29NO2S/c1-17(2)11-24(21-13-18(3)12-19(4)14-21)26-25(27)20-7-5-8-22(15-20)28-16-23-9-6-10-29-23/h5-10,12-15,17,24H,11,16H2,1-4H3,(H,26,27). The first-order chi connectivity index (χ1) is 13.9. The molecule has 0 aliphatic heterocycles. The van der Waals surface area contributed by atoms with E-state index in [1.54, 1.807) is 11.3 Å². The van der Waals surface area contributed by atoms with Gasteiger partial charge in [-0.3, -0.25) is 4.79 Å². The number of hydrogen-bond acceptors (Lipinski definition) is 3. The van der Waals surface area contributed by atoms with Gasteiger partial charge in [0.25, 0.3) is 5.91 Å². The van der Waals surface area contributed by atoms with Crippen molar-refractivity contribution in [1.82, 2.24) is 5.32 Å². The van der Waals surface area contributed by atoms with Crippen LogP contribution in [-0.4, -0.2) is 5.91 Å². The summed E-state index contributed by atoms with van der Waals surface area (Å²) in [6.45, 7) is 9.07. The minimum absolute atomic E-state index is 0.0169. The first-order valence-electron chi connectivity index (χ1n) is 10.0. The van der Waals surface area contributed by atoms with Crippen molar-refractivity contribution in [2.75, 3.05) is 0 Å². The van der Waals surface area contributed by atoms with Gasteiger partial charge in [0.15, 0.2) is 0 Å². The van der Waals surface area contributed by atoms with E-state index in [-0.39, 0.29) is 11.9 Å². The molecule has 0 aliphatic carbocycles. The van der Waals surface area contributed by atoms with Gasteiger partial charge in [-0.15, -0.1) is 11.3 Å². The monoisotopic (exact) mass is 407 g/mol. The van der Waals surface area contributed by atoms with Crippen molar-refractivity contribution >= 4 is 17.2 Å². The van der Waals surface area contributed by atoms with Gasteiger partial charge in [-0.25, -0.2) is 0 Å². The summed E-state index contributed by atoms with van der Waals surface area (Å²) in [6, 6.07) is 17.9. The van der Waals surface area contributed by atoms with E-state index in [0.29, 0.717) is 23.8 Å². The van der Waals surface area contributed by atoms with Gasteiger partial charge in [0.05, 0.1) is 6.04 Å². The van der Waals surface area contributed by atoms with Gasteiger partial charge >= 0.3 is 0 Å². The highest BCUT2D eigenvalue weighted by atomic mass is 32.1. The van der Waals surface area contributed by atoms with Crippen LogP contribution in [0, 0.1) is 19.8 Å².